The van der Waals surface area contributed by atoms with Crippen LogP contribution in [0.3, 0.4) is 0 Å². The molecule has 1 aliphatic heterocycles. The maximum atomic E-state index is 13.7. The van der Waals surface area contributed by atoms with Crippen LogP contribution in [-0.2, 0) is 4.79 Å². The number of amides is 1. The Morgan fingerprint density at radius 2 is 1.79 bits per heavy atom. The SMILES string of the molecule is CC(C)=CC(=O)N1CCN(c2ccccc2F)CC1. The molecule has 2 rings (SSSR count). The number of anilines is 1. The van der Waals surface area contributed by atoms with Crippen LogP contribution in [0, 0.1) is 5.82 Å². The van der Waals surface area contributed by atoms with Crippen LogP contribution in [0.2, 0.25) is 0 Å². The standard InChI is InChI=1S/C15H19FN2O/c1-12(2)11-15(19)18-9-7-17(8-10-18)14-6-4-3-5-13(14)16/h3-6,11H,7-10H2,1-2H3. The predicted molar refractivity (Wildman–Crippen MR) is 74.6 cm³/mol. The van der Waals surface area contributed by atoms with Crippen molar-refractivity contribution in [3.63, 3.8) is 0 Å². The summed E-state index contributed by atoms with van der Waals surface area (Å²) in [4.78, 5) is 15.7. The molecule has 0 radical (unpaired) electrons. The molecule has 1 fully saturated rings. The molecule has 3 nitrogen and oxygen atoms in total. The van der Waals surface area contributed by atoms with Crippen LogP contribution in [0.4, 0.5) is 10.1 Å². The van der Waals surface area contributed by atoms with Crippen molar-refractivity contribution in [1.29, 1.82) is 0 Å². The Morgan fingerprint density at radius 3 is 2.37 bits per heavy atom. The Bertz CT molecular complexity index is 487. The van der Waals surface area contributed by atoms with Crippen molar-refractivity contribution in [2.24, 2.45) is 0 Å². The zero-order valence-corrected chi connectivity index (χ0v) is 11.4. The number of halogens is 1. The summed E-state index contributed by atoms with van der Waals surface area (Å²) in [7, 11) is 0. The van der Waals surface area contributed by atoms with E-state index >= 15 is 0 Å². The van der Waals surface area contributed by atoms with Gasteiger partial charge in [-0.3, -0.25) is 4.79 Å². The highest BCUT2D eigenvalue weighted by Gasteiger charge is 2.21. The van der Waals surface area contributed by atoms with Crippen LogP contribution < -0.4 is 4.90 Å². The van der Waals surface area contributed by atoms with E-state index in [-0.39, 0.29) is 11.7 Å². The van der Waals surface area contributed by atoms with E-state index in [0.717, 1.165) is 5.57 Å². The number of allylic oxidation sites excluding steroid dienone is 1. The van der Waals surface area contributed by atoms with Crippen LogP contribution in [0.1, 0.15) is 13.8 Å². The smallest absolute Gasteiger partial charge is 0.246 e. The minimum absolute atomic E-state index is 0.0492. The number of benzene rings is 1. The summed E-state index contributed by atoms with van der Waals surface area (Å²) in [5, 5.41) is 0. The van der Waals surface area contributed by atoms with Gasteiger partial charge in [-0.25, -0.2) is 4.39 Å². The second kappa shape index (κ2) is 5.87. The summed E-state index contributed by atoms with van der Waals surface area (Å²) in [6, 6.07) is 6.77. The minimum Gasteiger partial charge on any atom is -0.366 e. The summed E-state index contributed by atoms with van der Waals surface area (Å²) in [6.45, 7) is 6.43. The molecule has 1 heterocycles. The van der Waals surface area contributed by atoms with Gasteiger partial charge in [0.15, 0.2) is 0 Å². The lowest BCUT2D eigenvalue weighted by atomic mass is 10.2. The van der Waals surface area contributed by atoms with Gasteiger partial charge in [-0.05, 0) is 26.0 Å². The van der Waals surface area contributed by atoms with Crippen LogP contribution in [0.5, 0.6) is 0 Å². The van der Waals surface area contributed by atoms with Gasteiger partial charge >= 0.3 is 0 Å². The van der Waals surface area contributed by atoms with E-state index in [0.29, 0.717) is 31.9 Å². The van der Waals surface area contributed by atoms with Crippen molar-refractivity contribution in [3.05, 3.63) is 41.7 Å². The van der Waals surface area contributed by atoms with Gasteiger partial charge in [-0.15, -0.1) is 0 Å². The largest absolute Gasteiger partial charge is 0.366 e. The topological polar surface area (TPSA) is 23.6 Å². The van der Waals surface area contributed by atoms with Gasteiger partial charge in [0.05, 0.1) is 5.69 Å². The third kappa shape index (κ3) is 3.34. The summed E-state index contributed by atoms with van der Waals surface area (Å²) in [6.07, 6.45) is 1.65. The van der Waals surface area contributed by atoms with Crippen molar-refractivity contribution < 1.29 is 9.18 Å². The normalized spacial score (nSPS) is 15.3. The molecule has 0 spiro atoms. The Labute approximate surface area is 113 Å². The lowest BCUT2D eigenvalue weighted by Crippen LogP contribution is -2.48. The highest BCUT2D eigenvalue weighted by molar-refractivity contribution is 5.88. The summed E-state index contributed by atoms with van der Waals surface area (Å²) >= 11 is 0. The average molecular weight is 262 g/mol. The number of rotatable bonds is 2. The average Bonchev–Trinajstić information content (AvgIpc) is 2.39. The first-order valence-electron chi connectivity index (χ1n) is 6.51. The highest BCUT2D eigenvalue weighted by atomic mass is 19.1. The second-order valence-corrected chi connectivity index (χ2v) is 4.99. The third-order valence-corrected chi connectivity index (χ3v) is 3.20. The Morgan fingerprint density at radius 1 is 1.16 bits per heavy atom. The van der Waals surface area contributed by atoms with E-state index in [1.807, 2.05) is 29.7 Å². The number of nitrogens with zero attached hydrogens (tertiary/aromatic N) is 2. The molecule has 1 aromatic rings. The van der Waals surface area contributed by atoms with Crippen LogP contribution >= 0.6 is 0 Å². The Hall–Kier alpha value is -1.84. The fraction of sp³-hybridized carbons (Fsp3) is 0.400. The van der Waals surface area contributed by atoms with Crippen molar-refractivity contribution in [1.82, 2.24) is 4.90 Å². The minimum atomic E-state index is -0.202. The van der Waals surface area contributed by atoms with Crippen LogP contribution in [0.15, 0.2) is 35.9 Å². The molecule has 0 atom stereocenters. The summed E-state index contributed by atoms with van der Waals surface area (Å²) in [5.41, 5.74) is 1.62. The maximum Gasteiger partial charge on any atom is 0.246 e. The fourth-order valence-corrected chi connectivity index (χ4v) is 2.21. The third-order valence-electron chi connectivity index (χ3n) is 3.20. The molecule has 1 saturated heterocycles. The van der Waals surface area contributed by atoms with Gasteiger partial charge in [0.25, 0.3) is 0 Å². The summed E-state index contributed by atoms with van der Waals surface area (Å²) < 4.78 is 13.7. The molecule has 0 bridgehead atoms. The monoisotopic (exact) mass is 262 g/mol. The van der Waals surface area contributed by atoms with E-state index < -0.39 is 0 Å². The fourth-order valence-electron chi connectivity index (χ4n) is 2.21. The van der Waals surface area contributed by atoms with Crippen LogP contribution in [-0.4, -0.2) is 37.0 Å². The number of hydrogen-bond donors (Lipinski definition) is 0. The first kappa shape index (κ1) is 13.6. The maximum absolute atomic E-state index is 13.7. The van der Waals surface area contributed by atoms with E-state index in [4.69, 9.17) is 0 Å². The lowest BCUT2D eigenvalue weighted by Gasteiger charge is -2.35. The Kier molecular flexibility index (Phi) is 4.20. The molecule has 0 unspecified atom stereocenters. The van der Waals surface area contributed by atoms with Gasteiger partial charge in [0, 0.05) is 32.3 Å². The number of piperazine rings is 1. The van der Waals surface area contributed by atoms with Gasteiger partial charge in [0.1, 0.15) is 5.82 Å². The molecule has 1 amide bonds. The van der Waals surface area contributed by atoms with Crippen molar-refractivity contribution in [3.8, 4) is 0 Å². The molecule has 1 aromatic carbocycles. The highest BCUT2D eigenvalue weighted by Crippen LogP contribution is 2.20. The number of para-hydroxylation sites is 1. The van der Waals surface area contributed by atoms with E-state index in [1.54, 1.807) is 18.2 Å². The first-order valence-corrected chi connectivity index (χ1v) is 6.51. The molecule has 0 saturated carbocycles. The molecule has 1 aliphatic rings. The molecule has 4 heteroatoms. The van der Waals surface area contributed by atoms with Gasteiger partial charge in [0.2, 0.25) is 5.91 Å². The van der Waals surface area contributed by atoms with Crippen LogP contribution in [0.25, 0.3) is 0 Å². The zero-order valence-electron chi connectivity index (χ0n) is 11.4. The van der Waals surface area contributed by atoms with Gasteiger partial charge < -0.3 is 9.80 Å². The van der Waals surface area contributed by atoms with Crippen molar-refractivity contribution in [2.45, 2.75) is 13.8 Å². The van der Waals surface area contributed by atoms with E-state index in [9.17, 15) is 9.18 Å². The van der Waals surface area contributed by atoms with E-state index in [1.165, 1.54) is 6.07 Å². The van der Waals surface area contributed by atoms with Gasteiger partial charge in [-0.2, -0.15) is 0 Å². The van der Waals surface area contributed by atoms with E-state index in [2.05, 4.69) is 0 Å². The van der Waals surface area contributed by atoms with Crippen molar-refractivity contribution in [2.75, 3.05) is 31.1 Å². The summed E-state index contributed by atoms with van der Waals surface area (Å²) in [5.74, 6) is -0.153. The Balaban J connectivity index is 1.98. The molecular formula is C15H19FN2O. The molecule has 0 N–H and O–H groups in total. The molecule has 0 aliphatic carbocycles. The first-order chi connectivity index (χ1) is 9.08. The molecule has 0 aromatic heterocycles. The number of carbonyl (C=O) groups is 1. The lowest BCUT2D eigenvalue weighted by molar-refractivity contribution is -0.126. The second-order valence-electron chi connectivity index (χ2n) is 4.99. The predicted octanol–water partition coefficient (Wildman–Crippen LogP) is 2.44. The molecular weight excluding hydrogens is 243 g/mol. The molecule has 19 heavy (non-hydrogen) atoms. The quantitative estimate of drug-likeness (QED) is 0.764. The number of hydrogen-bond acceptors (Lipinski definition) is 2. The number of carbonyl (C=O) groups excluding carboxylic acids is 1. The zero-order chi connectivity index (χ0) is 13.8. The molecule has 102 valence electrons. The van der Waals surface area contributed by atoms with Gasteiger partial charge in [-0.1, -0.05) is 17.7 Å². The van der Waals surface area contributed by atoms with Crippen molar-refractivity contribution >= 4 is 11.6 Å².